The Morgan fingerprint density at radius 2 is 1.57 bits per heavy atom. The van der Waals surface area contributed by atoms with E-state index in [0.29, 0.717) is 34.3 Å². The molecule has 0 bridgehead atoms. The average molecular weight is 674 g/mol. The van der Waals surface area contributed by atoms with Gasteiger partial charge in [-0.1, -0.05) is 6.07 Å². The fraction of sp³-hybridized carbons (Fsp3) is 0.312. The van der Waals surface area contributed by atoms with E-state index in [4.69, 9.17) is 23.8 Å². The van der Waals surface area contributed by atoms with E-state index in [0.717, 1.165) is 42.7 Å². The van der Waals surface area contributed by atoms with Crippen molar-refractivity contribution in [3.05, 3.63) is 72.0 Å². The summed E-state index contributed by atoms with van der Waals surface area (Å²) in [5, 5.41) is 0.726. The van der Waals surface area contributed by atoms with Crippen molar-refractivity contribution in [3.8, 4) is 33.4 Å². The highest BCUT2D eigenvalue weighted by Crippen LogP contribution is 2.50. The van der Waals surface area contributed by atoms with Crippen LogP contribution in [0.2, 0.25) is 0 Å². The molecule has 3 aromatic carbocycles. The van der Waals surface area contributed by atoms with E-state index >= 15 is 0 Å². The summed E-state index contributed by atoms with van der Waals surface area (Å²) >= 11 is 1.28. The Kier molecular flexibility index (Phi) is 12.5. The second-order valence-corrected chi connectivity index (χ2v) is 11.0. The minimum absolute atomic E-state index is 0.0522. The number of likely N-dealkylation sites (tertiary alicyclic amines) is 1. The summed E-state index contributed by atoms with van der Waals surface area (Å²) in [5.41, 5.74) is -0.206. The topological polar surface area (TPSA) is 65.1 Å². The van der Waals surface area contributed by atoms with Gasteiger partial charge in [0.2, 0.25) is 6.29 Å². The molecule has 6 nitrogen and oxygen atoms in total. The molecule has 1 aliphatic heterocycles. The van der Waals surface area contributed by atoms with Crippen molar-refractivity contribution < 1.29 is 54.5 Å². The molecule has 0 atom stereocenters. The predicted octanol–water partition coefficient (Wildman–Crippen LogP) is 8.61. The zero-order chi connectivity index (χ0) is 34.1. The minimum atomic E-state index is -4.64. The number of ether oxygens (including phenoxy) is 3. The maximum absolute atomic E-state index is 14.5. The van der Waals surface area contributed by atoms with Crippen LogP contribution in [0.1, 0.15) is 18.9 Å². The zero-order valence-electron chi connectivity index (χ0n) is 24.7. The van der Waals surface area contributed by atoms with Gasteiger partial charge in [0.25, 0.3) is 5.92 Å². The van der Waals surface area contributed by atoms with Crippen LogP contribution in [0.3, 0.4) is 0 Å². The standard InChI is InChI=1S/C29H27F4NO3S.C2HF3O.CH2O/c1-29(32,33)25-14-18(31)4-10-23(25)28-27(24-11-9-21(35-2)15-26(24)38-28)37-20-7-5-19(6-8-20)36-22-16-34(17-22)13-3-12-30;3-2(4,5)1-6;1-2/h4-11,14-15,22H,3,12-13,16-17H2,1-2H3;1H;1H2. The van der Waals surface area contributed by atoms with Crippen molar-refractivity contribution in [2.75, 3.05) is 33.4 Å². The molecule has 1 fully saturated rings. The molecule has 0 N–H and O–H groups in total. The van der Waals surface area contributed by atoms with Gasteiger partial charge in [0, 0.05) is 47.8 Å². The van der Waals surface area contributed by atoms with Crippen LogP contribution in [0.25, 0.3) is 20.5 Å². The molecule has 0 saturated carbocycles. The molecule has 0 aliphatic carbocycles. The van der Waals surface area contributed by atoms with E-state index in [-0.39, 0.29) is 18.3 Å². The maximum Gasteiger partial charge on any atom is 0.446 e. The summed E-state index contributed by atoms with van der Waals surface area (Å²) < 4.78 is 105. The largest absolute Gasteiger partial charge is 0.497 e. The van der Waals surface area contributed by atoms with Crippen LogP contribution in [0.15, 0.2) is 60.7 Å². The van der Waals surface area contributed by atoms with Crippen LogP contribution in [0.4, 0.5) is 30.7 Å². The van der Waals surface area contributed by atoms with Gasteiger partial charge in [0.05, 0.1) is 18.7 Å². The van der Waals surface area contributed by atoms with E-state index in [2.05, 4.69) is 4.90 Å². The van der Waals surface area contributed by atoms with Crippen molar-refractivity contribution in [1.29, 1.82) is 0 Å². The van der Waals surface area contributed by atoms with Gasteiger partial charge in [-0.25, -0.2) is 13.2 Å². The molecular formula is C32H30F7NO5S. The fourth-order valence-electron chi connectivity index (χ4n) is 4.50. The van der Waals surface area contributed by atoms with Gasteiger partial charge in [-0.15, -0.1) is 11.3 Å². The van der Waals surface area contributed by atoms with Gasteiger partial charge in [0.15, 0.2) is 5.75 Å². The van der Waals surface area contributed by atoms with E-state index in [1.54, 1.807) is 37.4 Å². The average Bonchev–Trinajstić information content (AvgIpc) is 3.36. The Morgan fingerprint density at radius 1 is 0.957 bits per heavy atom. The molecule has 1 saturated heterocycles. The lowest BCUT2D eigenvalue weighted by Crippen LogP contribution is -2.53. The predicted molar refractivity (Wildman–Crippen MR) is 161 cm³/mol. The normalized spacial score (nSPS) is 13.5. The Balaban J connectivity index is 0.000000648. The highest BCUT2D eigenvalue weighted by atomic mass is 32.1. The molecule has 248 valence electrons. The van der Waals surface area contributed by atoms with E-state index in [9.17, 15) is 30.7 Å². The molecule has 1 aromatic heterocycles. The third-order valence-electron chi connectivity index (χ3n) is 6.56. The van der Waals surface area contributed by atoms with Crippen LogP contribution in [0, 0.1) is 5.82 Å². The van der Waals surface area contributed by atoms with Crippen LogP contribution < -0.4 is 14.2 Å². The lowest BCUT2D eigenvalue weighted by atomic mass is 10.00. The Morgan fingerprint density at radius 3 is 2.13 bits per heavy atom. The Labute approximate surface area is 264 Å². The van der Waals surface area contributed by atoms with Gasteiger partial charge < -0.3 is 19.0 Å². The van der Waals surface area contributed by atoms with Gasteiger partial charge in [-0.05, 0) is 61.0 Å². The molecule has 46 heavy (non-hydrogen) atoms. The van der Waals surface area contributed by atoms with E-state index < -0.39 is 29.8 Å². The van der Waals surface area contributed by atoms with Gasteiger partial charge in [0.1, 0.15) is 36.0 Å². The number of rotatable bonds is 10. The number of nitrogens with zero attached hydrogens (tertiary/aromatic N) is 1. The summed E-state index contributed by atoms with van der Waals surface area (Å²) in [6.07, 6.45) is -5.12. The quantitative estimate of drug-likeness (QED) is 0.124. The Bertz CT molecular complexity index is 1580. The van der Waals surface area contributed by atoms with Crippen molar-refractivity contribution in [3.63, 3.8) is 0 Å². The highest BCUT2D eigenvalue weighted by Gasteiger charge is 2.31. The van der Waals surface area contributed by atoms with Crippen molar-refractivity contribution in [1.82, 2.24) is 4.90 Å². The number of benzene rings is 3. The zero-order valence-corrected chi connectivity index (χ0v) is 25.5. The fourth-order valence-corrected chi connectivity index (χ4v) is 5.69. The van der Waals surface area contributed by atoms with Crippen LogP contribution in [0.5, 0.6) is 23.0 Å². The molecule has 0 unspecified atom stereocenters. The number of hydrogen-bond acceptors (Lipinski definition) is 7. The molecule has 4 aromatic rings. The van der Waals surface area contributed by atoms with Gasteiger partial charge >= 0.3 is 6.18 Å². The lowest BCUT2D eigenvalue weighted by Gasteiger charge is -2.38. The van der Waals surface area contributed by atoms with E-state index in [1.807, 2.05) is 18.9 Å². The second kappa shape index (κ2) is 15.9. The summed E-state index contributed by atoms with van der Waals surface area (Å²) in [6.45, 7) is 4.68. The number of alkyl halides is 6. The third kappa shape index (κ3) is 9.66. The number of methoxy groups -OCH3 is 1. The molecule has 14 heteroatoms. The molecule has 0 spiro atoms. The molecule has 1 aliphatic rings. The summed E-state index contributed by atoms with van der Waals surface area (Å²) in [6, 6.07) is 15.9. The van der Waals surface area contributed by atoms with Crippen molar-refractivity contribution in [2.24, 2.45) is 0 Å². The smallest absolute Gasteiger partial charge is 0.446 e. The van der Waals surface area contributed by atoms with Crippen molar-refractivity contribution >= 4 is 34.5 Å². The van der Waals surface area contributed by atoms with Crippen LogP contribution in [-0.4, -0.2) is 63.7 Å². The first-order valence-corrected chi connectivity index (χ1v) is 14.5. The number of fused-ring (bicyclic) bond motifs is 1. The monoisotopic (exact) mass is 673 g/mol. The van der Waals surface area contributed by atoms with Crippen molar-refractivity contribution in [2.45, 2.75) is 31.5 Å². The molecular weight excluding hydrogens is 643 g/mol. The van der Waals surface area contributed by atoms with Gasteiger partial charge in [-0.2, -0.15) is 13.2 Å². The number of halogens is 7. The summed E-state index contributed by atoms with van der Waals surface area (Å²) in [7, 11) is 1.55. The maximum atomic E-state index is 14.5. The number of carbonyl (C=O) groups is 2. The first-order valence-electron chi connectivity index (χ1n) is 13.6. The number of hydrogen-bond donors (Lipinski definition) is 0. The third-order valence-corrected chi connectivity index (χ3v) is 7.73. The number of aldehydes is 1. The summed E-state index contributed by atoms with van der Waals surface area (Å²) in [4.78, 5) is 19.3. The summed E-state index contributed by atoms with van der Waals surface area (Å²) in [5.74, 6) is -1.79. The van der Waals surface area contributed by atoms with E-state index in [1.165, 1.54) is 23.5 Å². The molecule has 2 heterocycles. The van der Waals surface area contributed by atoms with Crippen LogP contribution >= 0.6 is 11.3 Å². The van der Waals surface area contributed by atoms with Gasteiger partial charge in [-0.3, -0.25) is 14.1 Å². The first kappa shape index (κ1) is 36.3. The number of thiophene rings is 1. The Hall–Kier alpha value is -4.17. The molecule has 0 amide bonds. The molecule has 0 radical (unpaired) electrons. The lowest BCUT2D eigenvalue weighted by molar-refractivity contribution is -0.156. The number of carbonyl (C=O) groups excluding carboxylic acids is 2. The first-order chi connectivity index (χ1) is 21.8. The minimum Gasteiger partial charge on any atom is -0.497 e. The highest BCUT2D eigenvalue weighted by molar-refractivity contribution is 7.22. The second-order valence-electron chi connectivity index (χ2n) is 9.98. The SMILES string of the molecule is C=O.COc1ccc2c(Oc3ccc(OC4CN(CCCF)C4)cc3)c(-c3ccc(F)cc3C(C)(F)F)sc2c1.O=CC(F)(F)F. The molecule has 5 rings (SSSR count). The van der Waals surface area contributed by atoms with Crippen LogP contribution in [-0.2, 0) is 15.5 Å².